The number of rotatable bonds is 6. The molecule has 10 aromatic carbocycles. The predicted molar refractivity (Wildman–Crippen MR) is 284 cm³/mol. The lowest BCUT2D eigenvalue weighted by Gasteiger charge is -2.45. The van der Waals surface area contributed by atoms with E-state index in [9.17, 15) is 0 Å². The van der Waals surface area contributed by atoms with Crippen LogP contribution >= 0.6 is 0 Å². The quantitative estimate of drug-likeness (QED) is 0.167. The smallest absolute Gasteiger partial charge is 0.160 e. The van der Waals surface area contributed by atoms with Crippen LogP contribution in [0.15, 0.2) is 255 Å². The van der Waals surface area contributed by atoms with Gasteiger partial charge in [0.1, 0.15) is 0 Å². The molecule has 4 heteroatoms. The number of hydrogen-bond donors (Lipinski definition) is 0. The first-order valence-corrected chi connectivity index (χ1v) is 23.7. The van der Waals surface area contributed by atoms with Crippen molar-refractivity contribution >= 4 is 38.9 Å². The zero-order valence-corrected chi connectivity index (χ0v) is 37.5. The molecule has 0 radical (unpaired) electrons. The molecule has 1 aliphatic carbocycles. The van der Waals surface area contributed by atoms with E-state index < -0.39 is 5.41 Å². The van der Waals surface area contributed by atoms with E-state index in [4.69, 9.17) is 9.97 Å². The lowest BCUT2D eigenvalue weighted by molar-refractivity contribution is 0.753. The van der Waals surface area contributed by atoms with Crippen LogP contribution < -0.4 is 4.90 Å². The van der Waals surface area contributed by atoms with E-state index in [1.54, 1.807) is 0 Å². The van der Waals surface area contributed by atoms with Gasteiger partial charge >= 0.3 is 0 Å². The van der Waals surface area contributed by atoms with E-state index in [-0.39, 0.29) is 0 Å². The monoisotopic (exact) mass is 878 g/mol. The van der Waals surface area contributed by atoms with Crippen molar-refractivity contribution in [2.45, 2.75) is 5.41 Å². The van der Waals surface area contributed by atoms with Crippen LogP contribution in [0.4, 0.5) is 17.1 Å². The second-order valence-corrected chi connectivity index (χ2v) is 18.1. The van der Waals surface area contributed by atoms with E-state index in [0.717, 1.165) is 62.0 Å². The van der Waals surface area contributed by atoms with Crippen molar-refractivity contribution in [2.24, 2.45) is 0 Å². The fraction of sp³-hybridized carbons (Fsp3) is 0.0154. The maximum Gasteiger partial charge on any atom is 0.160 e. The minimum Gasteiger partial charge on any atom is -0.310 e. The Morgan fingerprint density at radius 1 is 0.319 bits per heavy atom. The van der Waals surface area contributed by atoms with Gasteiger partial charge in [0.2, 0.25) is 0 Å². The maximum absolute atomic E-state index is 5.48. The molecule has 0 saturated heterocycles. The van der Waals surface area contributed by atoms with Gasteiger partial charge in [-0.3, -0.25) is 0 Å². The minimum absolute atomic E-state index is 0.654. The largest absolute Gasteiger partial charge is 0.310 e. The summed E-state index contributed by atoms with van der Waals surface area (Å²) in [6, 6.07) is 92.4. The van der Waals surface area contributed by atoms with Crippen LogP contribution in [0, 0.1) is 0 Å². The zero-order valence-electron chi connectivity index (χ0n) is 37.5. The van der Waals surface area contributed by atoms with E-state index in [2.05, 4.69) is 258 Å². The summed E-state index contributed by atoms with van der Waals surface area (Å²) >= 11 is 0. The van der Waals surface area contributed by atoms with Gasteiger partial charge < -0.3 is 9.47 Å². The van der Waals surface area contributed by atoms with Gasteiger partial charge in [-0.2, -0.15) is 0 Å². The highest BCUT2D eigenvalue weighted by atomic mass is 15.2. The molecule has 12 aromatic rings. The molecule has 69 heavy (non-hydrogen) atoms. The standard InChI is InChI=1S/C65H42N4/c1-5-20-43(21-6-1)57-42-58(67-64(66-57)44-22-7-2-8-23-44)51-29-19-32-56-63(51)52-40-45(46-36-38-50-49-28-13-16-33-59(49)68(62(50)41-46)47-24-9-3-10-25-47)37-39-53(52)65(56)54-30-14-17-34-60(54)69(48-26-11-4-12-27-48)61-35-18-15-31-55(61)65/h1-42H. The van der Waals surface area contributed by atoms with Gasteiger partial charge in [-0.1, -0.05) is 194 Å². The van der Waals surface area contributed by atoms with E-state index in [1.165, 1.54) is 55.2 Å². The number of aromatic nitrogens is 3. The summed E-state index contributed by atoms with van der Waals surface area (Å²) in [5.41, 5.74) is 20.8. The summed E-state index contributed by atoms with van der Waals surface area (Å²) < 4.78 is 2.40. The highest BCUT2D eigenvalue weighted by Gasteiger charge is 2.52. The Labute approximate surface area is 400 Å². The fourth-order valence-corrected chi connectivity index (χ4v) is 11.5. The van der Waals surface area contributed by atoms with Crippen LogP contribution in [0.2, 0.25) is 0 Å². The number of fused-ring (bicyclic) bond motifs is 12. The lowest BCUT2D eigenvalue weighted by atomic mass is 9.64. The molecule has 0 atom stereocenters. The van der Waals surface area contributed by atoms with Gasteiger partial charge in [-0.05, 0) is 105 Å². The molecule has 0 fully saturated rings. The van der Waals surface area contributed by atoms with Crippen molar-refractivity contribution in [2.75, 3.05) is 4.90 Å². The third-order valence-corrected chi connectivity index (χ3v) is 14.4. The first kappa shape index (κ1) is 39.1. The summed E-state index contributed by atoms with van der Waals surface area (Å²) in [5, 5.41) is 2.47. The normalized spacial score (nSPS) is 13.0. The van der Waals surface area contributed by atoms with Gasteiger partial charge in [-0.25, -0.2) is 9.97 Å². The average Bonchev–Trinajstić information content (AvgIpc) is 3.92. The number of para-hydroxylation sites is 5. The van der Waals surface area contributed by atoms with E-state index >= 15 is 0 Å². The van der Waals surface area contributed by atoms with E-state index in [0.29, 0.717) is 5.82 Å². The Morgan fingerprint density at radius 2 is 0.870 bits per heavy atom. The Bertz CT molecular complexity index is 3850. The van der Waals surface area contributed by atoms with Crippen LogP contribution in [0.1, 0.15) is 22.3 Å². The predicted octanol–water partition coefficient (Wildman–Crippen LogP) is 16.4. The Balaban J connectivity index is 1.06. The molecule has 1 aliphatic heterocycles. The Hall–Kier alpha value is -9.12. The van der Waals surface area contributed by atoms with Gasteiger partial charge in [0, 0.05) is 38.8 Å². The molecule has 0 unspecified atom stereocenters. The van der Waals surface area contributed by atoms with Gasteiger partial charge in [-0.15, -0.1) is 0 Å². The van der Waals surface area contributed by atoms with Crippen molar-refractivity contribution in [1.82, 2.24) is 14.5 Å². The van der Waals surface area contributed by atoms with Crippen molar-refractivity contribution in [3.8, 4) is 61.8 Å². The van der Waals surface area contributed by atoms with Crippen molar-refractivity contribution in [3.63, 3.8) is 0 Å². The van der Waals surface area contributed by atoms with Crippen LogP contribution in [0.5, 0.6) is 0 Å². The Morgan fingerprint density at radius 3 is 1.59 bits per heavy atom. The molecule has 0 N–H and O–H groups in total. The van der Waals surface area contributed by atoms with Crippen LogP contribution in [0.3, 0.4) is 0 Å². The molecule has 1 spiro atoms. The average molecular weight is 879 g/mol. The molecule has 0 amide bonds. The molecular weight excluding hydrogens is 837 g/mol. The summed E-state index contributed by atoms with van der Waals surface area (Å²) in [5.74, 6) is 0.695. The topological polar surface area (TPSA) is 34.0 Å². The molecule has 2 aliphatic rings. The zero-order chi connectivity index (χ0) is 45.5. The summed E-state index contributed by atoms with van der Waals surface area (Å²) in [4.78, 5) is 13.1. The van der Waals surface area contributed by atoms with Crippen LogP contribution in [-0.4, -0.2) is 14.5 Å². The molecule has 3 heterocycles. The molecule has 2 aromatic heterocycles. The second kappa shape index (κ2) is 15.5. The number of hydrogen-bond acceptors (Lipinski definition) is 3. The van der Waals surface area contributed by atoms with Gasteiger partial charge in [0.15, 0.2) is 5.82 Å². The molecule has 0 bridgehead atoms. The SMILES string of the molecule is c1ccc(-c2cc(-c3cccc4c3-c3cc(-c5ccc6c7ccccc7n(-c7ccccc7)c6c5)ccc3C43c4ccccc4N(c4ccccc4)c4ccccc43)nc(-c3ccccc3)n2)cc1. The molecule has 322 valence electrons. The van der Waals surface area contributed by atoms with Crippen molar-refractivity contribution < 1.29 is 0 Å². The highest BCUT2D eigenvalue weighted by Crippen LogP contribution is 2.65. The van der Waals surface area contributed by atoms with Crippen molar-refractivity contribution in [3.05, 3.63) is 277 Å². The fourth-order valence-electron chi connectivity index (χ4n) is 11.5. The summed E-state index contributed by atoms with van der Waals surface area (Å²) in [6.45, 7) is 0. The summed E-state index contributed by atoms with van der Waals surface area (Å²) in [7, 11) is 0. The molecule has 4 nitrogen and oxygen atoms in total. The third kappa shape index (κ3) is 5.89. The third-order valence-electron chi connectivity index (χ3n) is 14.4. The van der Waals surface area contributed by atoms with E-state index in [1.807, 2.05) is 6.07 Å². The molecular formula is C65H42N4. The van der Waals surface area contributed by atoms with Crippen molar-refractivity contribution in [1.29, 1.82) is 0 Å². The second-order valence-electron chi connectivity index (χ2n) is 18.1. The molecule has 14 rings (SSSR count). The van der Waals surface area contributed by atoms with Gasteiger partial charge in [0.05, 0.1) is 39.2 Å². The Kier molecular flexibility index (Phi) is 8.77. The van der Waals surface area contributed by atoms with Gasteiger partial charge in [0.25, 0.3) is 0 Å². The minimum atomic E-state index is -0.654. The first-order chi connectivity index (χ1) is 34.2. The highest BCUT2D eigenvalue weighted by molar-refractivity contribution is 6.10. The number of benzene rings is 10. The number of nitrogens with zero attached hydrogens (tertiary/aromatic N) is 4. The van der Waals surface area contributed by atoms with Crippen LogP contribution in [0.25, 0.3) is 83.6 Å². The molecule has 0 saturated carbocycles. The van der Waals surface area contributed by atoms with Crippen LogP contribution in [-0.2, 0) is 5.41 Å². The number of anilines is 3. The maximum atomic E-state index is 5.48. The first-order valence-electron chi connectivity index (χ1n) is 23.7. The lowest BCUT2D eigenvalue weighted by Crippen LogP contribution is -2.36. The summed E-state index contributed by atoms with van der Waals surface area (Å²) in [6.07, 6.45) is 0.